The lowest BCUT2D eigenvalue weighted by molar-refractivity contribution is 0.249. The summed E-state index contributed by atoms with van der Waals surface area (Å²) in [5.41, 5.74) is 9.59. The van der Waals surface area contributed by atoms with Gasteiger partial charge < -0.3 is 15.8 Å². The summed E-state index contributed by atoms with van der Waals surface area (Å²) < 4.78 is 6.58. The van der Waals surface area contributed by atoms with Crippen LogP contribution in [0.2, 0.25) is 0 Å². The lowest BCUT2D eigenvalue weighted by atomic mass is 9.97. The third kappa shape index (κ3) is 2.96. The molecule has 0 aliphatic heterocycles. The number of amides is 2. The summed E-state index contributed by atoms with van der Waals surface area (Å²) in [6.45, 7) is 6.63. The highest BCUT2D eigenvalue weighted by Gasteiger charge is 2.16. The summed E-state index contributed by atoms with van der Waals surface area (Å²) in [5, 5.41) is 2.59. The molecule has 0 unspecified atom stereocenters. The SMILES string of the molecule is COc1c(C)c(C)c(Br)c(C)c1CCNC(N)=O. The summed E-state index contributed by atoms with van der Waals surface area (Å²) in [6.07, 6.45) is 0.692. The van der Waals surface area contributed by atoms with Gasteiger partial charge in [-0.2, -0.15) is 0 Å². The Hall–Kier alpha value is -1.23. The van der Waals surface area contributed by atoms with E-state index in [9.17, 15) is 4.79 Å². The maximum atomic E-state index is 10.7. The molecule has 1 aromatic carbocycles. The number of ether oxygens (including phenoxy) is 1. The van der Waals surface area contributed by atoms with Crippen molar-refractivity contribution in [1.29, 1.82) is 0 Å². The van der Waals surface area contributed by atoms with Gasteiger partial charge in [0.25, 0.3) is 0 Å². The average molecular weight is 315 g/mol. The molecular weight excluding hydrogens is 296 g/mol. The molecule has 0 aliphatic carbocycles. The van der Waals surface area contributed by atoms with E-state index in [2.05, 4.69) is 28.2 Å². The van der Waals surface area contributed by atoms with Crippen LogP contribution in [0.1, 0.15) is 22.3 Å². The van der Waals surface area contributed by atoms with Gasteiger partial charge in [0, 0.05) is 16.6 Å². The molecule has 0 fully saturated rings. The first-order chi connectivity index (χ1) is 8.40. The van der Waals surface area contributed by atoms with E-state index in [1.165, 1.54) is 5.56 Å². The second-order valence-corrected chi connectivity index (χ2v) is 5.03. The predicted octanol–water partition coefficient (Wildman–Crippen LogP) is 2.59. The Kier molecular flexibility index (Phi) is 5.02. The number of rotatable bonds is 4. The zero-order chi connectivity index (χ0) is 13.9. The van der Waals surface area contributed by atoms with Crippen molar-refractivity contribution >= 4 is 22.0 Å². The molecule has 2 amide bonds. The van der Waals surface area contributed by atoms with Gasteiger partial charge in [-0.25, -0.2) is 4.79 Å². The molecule has 100 valence electrons. The molecule has 18 heavy (non-hydrogen) atoms. The first-order valence-electron chi connectivity index (χ1n) is 5.75. The predicted molar refractivity (Wildman–Crippen MR) is 76.2 cm³/mol. The van der Waals surface area contributed by atoms with Gasteiger partial charge in [-0.1, -0.05) is 15.9 Å². The number of methoxy groups -OCH3 is 1. The quantitative estimate of drug-likeness (QED) is 0.897. The van der Waals surface area contributed by atoms with Gasteiger partial charge in [0.05, 0.1) is 7.11 Å². The number of benzene rings is 1. The second kappa shape index (κ2) is 6.09. The van der Waals surface area contributed by atoms with Crippen LogP contribution in [0.5, 0.6) is 5.75 Å². The molecule has 0 heterocycles. The Morgan fingerprint density at radius 3 is 2.39 bits per heavy atom. The van der Waals surface area contributed by atoms with Crippen molar-refractivity contribution in [3.8, 4) is 5.75 Å². The monoisotopic (exact) mass is 314 g/mol. The minimum atomic E-state index is -0.505. The number of nitrogens with one attached hydrogen (secondary N) is 1. The molecular formula is C13H19BrN2O2. The molecule has 0 aliphatic rings. The first-order valence-corrected chi connectivity index (χ1v) is 6.54. The number of carbonyl (C=O) groups excluding carboxylic acids is 1. The third-order valence-electron chi connectivity index (χ3n) is 3.17. The Labute approximate surface area is 116 Å². The maximum Gasteiger partial charge on any atom is 0.312 e. The van der Waals surface area contributed by atoms with Gasteiger partial charge in [0.1, 0.15) is 5.75 Å². The summed E-state index contributed by atoms with van der Waals surface area (Å²) in [6, 6.07) is -0.505. The zero-order valence-corrected chi connectivity index (χ0v) is 12.8. The number of nitrogens with two attached hydrogens (primary N) is 1. The number of urea groups is 1. The van der Waals surface area contributed by atoms with Crippen molar-refractivity contribution in [1.82, 2.24) is 5.32 Å². The van der Waals surface area contributed by atoms with Crippen LogP contribution >= 0.6 is 15.9 Å². The van der Waals surface area contributed by atoms with Crippen molar-refractivity contribution in [3.05, 3.63) is 26.7 Å². The zero-order valence-electron chi connectivity index (χ0n) is 11.2. The number of hydrogen-bond acceptors (Lipinski definition) is 2. The van der Waals surface area contributed by atoms with Crippen LogP contribution in [0.3, 0.4) is 0 Å². The van der Waals surface area contributed by atoms with E-state index in [0.717, 1.165) is 26.9 Å². The van der Waals surface area contributed by atoms with Crippen LogP contribution in [-0.4, -0.2) is 19.7 Å². The number of hydrogen-bond donors (Lipinski definition) is 2. The smallest absolute Gasteiger partial charge is 0.312 e. The molecule has 1 rings (SSSR count). The summed E-state index contributed by atoms with van der Waals surface area (Å²) in [5.74, 6) is 0.888. The van der Waals surface area contributed by atoms with Crippen molar-refractivity contribution < 1.29 is 9.53 Å². The summed E-state index contributed by atoms with van der Waals surface area (Å²) in [4.78, 5) is 10.7. The van der Waals surface area contributed by atoms with E-state index < -0.39 is 6.03 Å². The molecule has 3 N–H and O–H groups in total. The standard InChI is InChI=1S/C13H19BrN2O2/c1-7-8(2)12(18-4)10(9(3)11(7)14)5-6-16-13(15)17/h5-6H2,1-4H3,(H3,15,16,17). The molecule has 0 aromatic heterocycles. The van der Waals surface area contributed by atoms with Gasteiger partial charge in [-0.05, 0) is 43.9 Å². The van der Waals surface area contributed by atoms with E-state index in [0.29, 0.717) is 13.0 Å². The Morgan fingerprint density at radius 2 is 1.89 bits per heavy atom. The van der Waals surface area contributed by atoms with Crippen molar-refractivity contribution in [3.63, 3.8) is 0 Å². The fraction of sp³-hybridized carbons (Fsp3) is 0.462. The van der Waals surface area contributed by atoms with E-state index in [1.54, 1.807) is 7.11 Å². The maximum absolute atomic E-state index is 10.7. The average Bonchev–Trinajstić information content (AvgIpc) is 2.33. The topological polar surface area (TPSA) is 64.3 Å². The molecule has 0 radical (unpaired) electrons. The van der Waals surface area contributed by atoms with E-state index in [-0.39, 0.29) is 0 Å². The van der Waals surface area contributed by atoms with Crippen LogP contribution in [0, 0.1) is 20.8 Å². The van der Waals surface area contributed by atoms with Crippen LogP contribution in [0.15, 0.2) is 4.47 Å². The van der Waals surface area contributed by atoms with Crippen LogP contribution in [0.25, 0.3) is 0 Å². The lowest BCUT2D eigenvalue weighted by Crippen LogP contribution is -2.31. The second-order valence-electron chi connectivity index (χ2n) is 4.24. The molecule has 5 heteroatoms. The molecule has 0 saturated carbocycles. The highest BCUT2D eigenvalue weighted by atomic mass is 79.9. The van der Waals surface area contributed by atoms with Gasteiger partial charge in [-0.15, -0.1) is 0 Å². The van der Waals surface area contributed by atoms with Gasteiger partial charge in [0.15, 0.2) is 0 Å². The van der Waals surface area contributed by atoms with E-state index in [4.69, 9.17) is 10.5 Å². The number of carbonyl (C=O) groups is 1. The first kappa shape index (κ1) is 14.8. The van der Waals surface area contributed by atoms with Crippen LogP contribution in [-0.2, 0) is 6.42 Å². The van der Waals surface area contributed by atoms with Crippen LogP contribution in [0.4, 0.5) is 4.79 Å². The Bertz CT molecular complexity index is 473. The number of halogens is 1. The normalized spacial score (nSPS) is 10.3. The van der Waals surface area contributed by atoms with Crippen molar-refractivity contribution in [2.24, 2.45) is 5.73 Å². The summed E-state index contributed by atoms with van der Waals surface area (Å²) in [7, 11) is 1.67. The minimum absolute atomic E-state index is 0.501. The lowest BCUT2D eigenvalue weighted by Gasteiger charge is -2.18. The Balaban J connectivity index is 3.12. The van der Waals surface area contributed by atoms with Gasteiger partial charge >= 0.3 is 6.03 Å². The molecule has 4 nitrogen and oxygen atoms in total. The van der Waals surface area contributed by atoms with E-state index in [1.807, 2.05) is 13.8 Å². The molecule has 1 aromatic rings. The fourth-order valence-electron chi connectivity index (χ4n) is 2.03. The van der Waals surface area contributed by atoms with Crippen LogP contribution < -0.4 is 15.8 Å². The van der Waals surface area contributed by atoms with Crippen molar-refractivity contribution in [2.45, 2.75) is 27.2 Å². The summed E-state index contributed by atoms with van der Waals surface area (Å²) >= 11 is 3.60. The van der Waals surface area contributed by atoms with Crippen molar-refractivity contribution in [2.75, 3.05) is 13.7 Å². The third-order valence-corrected chi connectivity index (χ3v) is 4.36. The minimum Gasteiger partial charge on any atom is -0.496 e. The molecule has 0 atom stereocenters. The highest BCUT2D eigenvalue weighted by molar-refractivity contribution is 9.10. The molecule has 0 spiro atoms. The van der Waals surface area contributed by atoms with E-state index >= 15 is 0 Å². The largest absolute Gasteiger partial charge is 0.496 e. The fourth-order valence-corrected chi connectivity index (χ4v) is 2.57. The van der Waals surface area contributed by atoms with Gasteiger partial charge in [0.2, 0.25) is 0 Å². The molecule has 0 saturated heterocycles. The Morgan fingerprint density at radius 1 is 1.28 bits per heavy atom. The van der Waals surface area contributed by atoms with Gasteiger partial charge in [-0.3, -0.25) is 0 Å². The molecule has 0 bridgehead atoms. The number of primary amides is 1. The highest BCUT2D eigenvalue weighted by Crippen LogP contribution is 2.36.